The topological polar surface area (TPSA) is 0 Å². The third-order valence-corrected chi connectivity index (χ3v) is 4.19. The van der Waals surface area contributed by atoms with E-state index in [1.165, 1.54) is 0 Å². The normalized spacial score (nSPS) is 11.0. The minimum atomic E-state index is 1.07. The summed E-state index contributed by atoms with van der Waals surface area (Å²) in [4.78, 5) is 0. The van der Waals surface area contributed by atoms with Gasteiger partial charge in [0.15, 0.2) is 0 Å². The lowest BCUT2D eigenvalue weighted by Gasteiger charge is -1.88. The van der Waals surface area contributed by atoms with Crippen molar-refractivity contribution in [1.29, 1.82) is 0 Å². The second-order valence-electron chi connectivity index (χ2n) is 1.39. The van der Waals surface area contributed by atoms with Crippen LogP contribution >= 0.6 is 55.4 Å². The van der Waals surface area contributed by atoms with Gasteiger partial charge in [-0.05, 0) is 10.8 Å². The van der Waals surface area contributed by atoms with Gasteiger partial charge in [-0.2, -0.15) is 0 Å². The molecule has 0 aliphatic heterocycles. The standard InChI is InChI=1S/C6H10Br2S2/c7-1-3-9-5-6-10-4-2-8/h5-6H,1-4H2/b6-5-. The maximum absolute atomic E-state index is 3.36. The summed E-state index contributed by atoms with van der Waals surface area (Å²) in [5.41, 5.74) is 0. The van der Waals surface area contributed by atoms with E-state index in [0.29, 0.717) is 0 Å². The SMILES string of the molecule is BrCCS/C=C\SCCBr. The fraction of sp³-hybridized carbons (Fsp3) is 0.667. The molecular weight excluding hydrogens is 296 g/mol. The Hall–Kier alpha value is 1.40. The van der Waals surface area contributed by atoms with Crippen molar-refractivity contribution in [2.24, 2.45) is 0 Å². The first-order chi connectivity index (χ1) is 4.91. The number of hydrogen-bond donors (Lipinski definition) is 0. The molecule has 0 amide bonds. The van der Waals surface area contributed by atoms with Crippen molar-refractivity contribution in [3.8, 4) is 0 Å². The maximum Gasteiger partial charge on any atom is 0.0126 e. The van der Waals surface area contributed by atoms with Crippen LogP contribution in [0.4, 0.5) is 0 Å². The summed E-state index contributed by atoms with van der Waals surface area (Å²) in [5.74, 6) is 2.32. The highest BCUT2D eigenvalue weighted by Gasteiger charge is 1.80. The summed E-state index contributed by atoms with van der Waals surface area (Å²) < 4.78 is 0. The van der Waals surface area contributed by atoms with Gasteiger partial charge in [0.25, 0.3) is 0 Å². The molecule has 0 nitrogen and oxygen atoms in total. The molecule has 0 spiro atoms. The number of alkyl halides is 2. The molecule has 0 saturated carbocycles. The van der Waals surface area contributed by atoms with Gasteiger partial charge in [0.2, 0.25) is 0 Å². The van der Waals surface area contributed by atoms with Gasteiger partial charge >= 0.3 is 0 Å². The molecule has 0 aliphatic rings. The Kier molecular flexibility index (Phi) is 11.9. The summed E-state index contributed by atoms with van der Waals surface area (Å²) in [6, 6.07) is 0. The van der Waals surface area contributed by atoms with Crippen LogP contribution in [0.5, 0.6) is 0 Å². The molecule has 0 saturated heterocycles. The highest BCUT2D eigenvalue weighted by atomic mass is 79.9. The van der Waals surface area contributed by atoms with Gasteiger partial charge in [-0.15, -0.1) is 23.5 Å². The van der Waals surface area contributed by atoms with Gasteiger partial charge in [0.05, 0.1) is 0 Å². The van der Waals surface area contributed by atoms with Crippen molar-refractivity contribution in [3.05, 3.63) is 10.8 Å². The summed E-state index contributed by atoms with van der Waals surface area (Å²) in [6.07, 6.45) is 0. The van der Waals surface area contributed by atoms with E-state index in [9.17, 15) is 0 Å². The summed E-state index contributed by atoms with van der Waals surface area (Å²) in [7, 11) is 0. The monoisotopic (exact) mass is 304 g/mol. The van der Waals surface area contributed by atoms with E-state index in [2.05, 4.69) is 42.7 Å². The third kappa shape index (κ3) is 9.40. The van der Waals surface area contributed by atoms with Crippen LogP contribution in [0, 0.1) is 0 Å². The highest BCUT2D eigenvalue weighted by molar-refractivity contribution is 9.09. The second kappa shape index (κ2) is 10.4. The Morgan fingerprint density at radius 2 is 1.30 bits per heavy atom. The third-order valence-electron chi connectivity index (χ3n) is 0.638. The maximum atomic E-state index is 3.36. The van der Waals surface area contributed by atoms with Crippen molar-refractivity contribution in [3.63, 3.8) is 0 Å². The van der Waals surface area contributed by atoms with Gasteiger partial charge in [-0.3, -0.25) is 0 Å². The first kappa shape index (κ1) is 11.4. The van der Waals surface area contributed by atoms with Crippen LogP contribution in [0.2, 0.25) is 0 Å². The van der Waals surface area contributed by atoms with Crippen LogP contribution in [0.15, 0.2) is 10.8 Å². The van der Waals surface area contributed by atoms with Crippen LogP contribution in [0.25, 0.3) is 0 Å². The van der Waals surface area contributed by atoms with Gasteiger partial charge < -0.3 is 0 Å². The summed E-state index contributed by atoms with van der Waals surface area (Å²) >= 11 is 10.4. The van der Waals surface area contributed by atoms with Crippen LogP contribution in [0.3, 0.4) is 0 Å². The van der Waals surface area contributed by atoms with Gasteiger partial charge in [-0.1, -0.05) is 31.9 Å². The predicted molar refractivity (Wildman–Crippen MR) is 61.6 cm³/mol. The molecule has 0 N–H and O–H groups in total. The van der Waals surface area contributed by atoms with E-state index >= 15 is 0 Å². The van der Waals surface area contributed by atoms with Gasteiger partial charge in [0.1, 0.15) is 0 Å². The smallest absolute Gasteiger partial charge is 0.0126 e. The molecule has 0 rings (SSSR count). The lowest BCUT2D eigenvalue weighted by Crippen LogP contribution is -1.73. The minimum absolute atomic E-state index is 1.07. The Morgan fingerprint density at radius 1 is 0.900 bits per heavy atom. The zero-order chi connectivity index (χ0) is 7.66. The molecule has 0 aromatic rings. The molecule has 0 unspecified atom stereocenters. The number of hydrogen-bond acceptors (Lipinski definition) is 2. The molecule has 0 atom stereocenters. The minimum Gasteiger partial charge on any atom is -0.133 e. The number of thioether (sulfide) groups is 2. The molecule has 0 bridgehead atoms. The summed E-state index contributed by atoms with van der Waals surface area (Å²) in [5, 5.41) is 6.44. The fourth-order valence-corrected chi connectivity index (χ4v) is 2.50. The molecule has 0 aromatic carbocycles. The largest absolute Gasteiger partial charge is 0.133 e. The molecule has 0 radical (unpaired) electrons. The first-order valence-electron chi connectivity index (χ1n) is 2.92. The van der Waals surface area contributed by atoms with Crippen LogP contribution in [-0.2, 0) is 0 Å². The lowest BCUT2D eigenvalue weighted by molar-refractivity contribution is 1.59. The van der Waals surface area contributed by atoms with E-state index < -0.39 is 0 Å². The van der Waals surface area contributed by atoms with Crippen molar-refractivity contribution in [2.75, 3.05) is 22.2 Å². The Bertz CT molecular complexity index is 75.8. The molecule has 0 aliphatic carbocycles. The lowest BCUT2D eigenvalue weighted by atomic mass is 11.0. The Balaban J connectivity index is 2.89. The zero-order valence-corrected chi connectivity index (χ0v) is 10.4. The van der Waals surface area contributed by atoms with E-state index in [1.54, 1.807) is 0 Å². The van der Waals surface area contributed by atoms with Gasteiger partial charge in [0, 0.05) is 22.2 Å². The second-order valence-corrected chi connectivity index (χ2v) is 5.01. The zero-order valence-electron chi connectivity index (χ0n) is 5.56. The molecule has 0 fully saturated rings. The number of halogens is 2. The van der Waals surface area contributed by atoms with Crippen molar-refractivity contribution < 1.29 is 0 Å². The quantitative estimate of drug-likeness (QED) is 0.542. The predicted octanol–water partition coefficient (Wildman–Crippen LogP) is 3.71. The van der Waals surface area contributed by atoms with Crippen molar-refractivity contribution >= 4 is 55.4 Å². The first-order valence-corrected chi connectivity index (χ1v) is 7.26. The Morgan fingerprint density at radius 3 is 1.60 bits per heavy atom. The molecule has 0 aromatic heterocycles. The summed E-state index contributed by atoms with van der Waals surface area (Å²) in [6.45, 7) is 0. The van der Waals surface area contributed by atoms with E-state index in [4.69, 9.17) is 0 Å². The van der Waals surface area contributed by atoms with Crippen LogP contribution in [-0.4, -0.2) is 22.2 Å². The molecule has 10 heavy (non-hydrogen) atoms. The Labute approximate surface area is 87.9 Å². The molecule has 60 valence electrons. The van der Waals surface area contributed by atoms with Crippen LogP contribution < -0.4 is 0 Å². The average Bonchev–Trinajstić information content (AvgIpc) is 1.97. The highest BCUT2D eigenvalue weighted by Crippen LogP contribution is 2.09. The van der Waals surface area contributed by atoms with E-state index in [0.717, 1.165) is 22.2 Å². The fourth-order valence-electron chi connectivity index (χ4n) is 0.304. The van der Waals surface area contributed by atoms with Crippen molar-refractivity contribution in [2.45, 2.75) is 0 Å². The van der Waals surface area contributed by atoms with Crippen molar-refractivity contribution in [1.82, 2.24) is 0 Å². The molecular formula is C6H10Br2S2. The molecule has 0 heterocycles. The molecule has 4 heteroatoms. The number of rotatable bonds is 6. The average molecular weight is 306 g/mol. The van der Waals surface area contributed by atoms with Gasteiger partial charge in [-0.25, -0.2) is 0 Å². The van der Waals surface area contributed by atoms with E-state index in [1.807, 2.05) is 23.5 Å². The van der Waals surface area contributed by atoms with Crippen LogP contribution in [0.1, 0.15) is 0 Å². The van der Waals surface area contributed by atoms with E-state index in [-0.39, 0.29) is 0 Å².